The third-order valence-corrected chi connectivity index (χ3v) is 27.8. The Balaban J connectivity index is 0.000000140. The summed E-state index contributed by atoms with van der Waals surface area (Å²) in [4.78, 5) is 163. The van der Waals surface area contributed by atoms with Crippen molar-refractivity contribution in [2.75, 3.05) is 151 Å². The van der Waals surface area contributed by atoms with Crippen LogP contribution in [0.1, 0.15) is 244 Å². The maximum atomic E-state index is 13.2. The molecule has 47 heteroatoms. The van der Waals surface area contributed by atoms with Crippen LogP contribution in [0.2, 0.25) is 0 Å². The molecule has 0 unspecified atom stereocenters. The van der Waals surface area contributed by atoms with Crippen molar-refractivity contribution in [2.45, 2.75) is 205 Å². The molecule has 8 aromatic heterocycles. The monoisotopic (exact) mass is 2040 g/mol. The third-order valence-electron chi connectivity index (χ3n) is 27.8. The van der Waals surface area contributed by atoms with E-state index in [1.165, 1.54) is 16.0 Å². The summed E-state index contributed by atoms with van der Waals surface area (Å²) < 4.78 is 117. The van der Waals surface area contributed by atoms with E-state index in [1.807, 2.05) is 90.6 Å². The van der Waals surface area contributed by atoms with Gasteiger partial charge in [0.2, 0.25) is 29.5 Å². The number of allylic oxidation sites excluding steroid dienone is 2. The molecule has 8 aromatic rings. The number of alkyl halides is 6. The number of halogens is 6. The second-order valence-corrected chi connectivity index (χ2v) is 38.5. The molecule has 782 valence electrons. The molecular weight excluding hydrogens is 1920 g/mol. The molecule has 0 radical (unpaired) electrons. The standard InChI is InChI=1S/C26H30N8O4.C26H36N6O4.C25H29F3N6O3.C23H26F3N7O3/c1-16-2-3-18(30-22(16)23(28)36)17-4-9-33(10-5-17)20-12-19(24(37)34-11-8-29-21(35)13-34)31-25(32-20)38-15-26(14-27)6-7-26;1-16(2)31(4)25(34)21-14-22(30-26(29-21)36-15-19-6-5-13-35-19)32-11-9-18(10-12-32)20-8-7-17(3)23(28-20)24(27)33;1-15(25(26,27)28)30-22(35)21-31-23(33-24(32-21)37-14-17-4-3-13-36-17)34-11-8-16(9-12-34)18-6-7-20-19(18)5-2-10-29-20;24-23(25,26)13-29-20(34)19-30-21(32-22(31-19)36-12-15-3-2-10-35-15)33-8-5-14(6-9-33)18-16-4-1-7-27-17(16)11-28-18/h2-3,12,17H,4-11,13,15H2,1H3,(H2,28,36)(H,29,35);7-8,14,16,18-19H,5-6,9-13,15H2,1-4H3,(H2,27,33);2,5-6,10,15-17H,3-4,7-9,11-14H2,1H3,(H,30,35);1,4,7,14-15H,2-3,5-6,8-13H2,(H,29,34)/t;19-;15-,17+;15-/m.101/s1. The van der Waals surface area contributed by atoms with Crippen LogP contribution in [0.3, 0.4) is 0 Å². The minimum atomic E-state index is -4.59. The number of hydrogen-bond acceptors (Lipinski definition) is 34. The van der Waals surface area contributed by atoms with E-state index in [1.54, 1.807) is 36.5 Å². The molecule has 11 aliphatic rings. The first-order valence-electron chi connectivity index (χ1n) is 49.9. The minimum Gasteiger partial charge on any atom is -0.462 e. The van der Waals surface area contributed by atoms with Gasteiger partial charge in [-0.05, 0) is 196 Å². The number of primary amides is 2. The molecule has 2 aliphatic carbocycles. The number of aromatic nitrogens is 14. The average Bonchev–Trinajstić information content (AvgIpc) is 1.53. The van der Waals surface area contributed by atoms with Crippen molar-refractivity contribution in [3.05, 3.63) is 159 Å². The Kier molecular flexibility index (Phi) is 34.2. The van der Waals surface area contributed by atoms with Crippen molar-refractivity contribution in [2.24, 2.45) is 33.7 Å². The number of fused-ring (bicyclic) bond motifs is 2. The zero-order valence-electron chi connectivity index (χ0n) is 82.8. The Bertz CT molecular complexity index is 6160. The average molecular weight is 2040 g/mol. The Labute approximate surface area is 844 Å². The van der Waals surface area contributed by atoms with E-state index in [0.717, 1.165) is 181 Å². The largest absolute Gasteiger partial charge is 0.462 e. The maximum Gasteiger partial charge on any atom is 0.408 e. The first-order valence-corrected chi connectivity index (χ1v) is 49.9. The van der Waals surface area contributed by atoms with Gasteiger partial charge in [-0.3, -0.25) is 48.5 Å². The van der Waals surface area contributed by atoms with Crippen LogP contribution in [0, 0.1) is 42.4 Å². The van der Waals surface area contributed by atoms with Crippen molar-refractivity contribution in [1.29, 1.82) is 5.26 Å². The number of anilines is 4. The van der Waals surface area contributed by atoms with Gasteiger partial charge in [0.25, 0.3) is 35.4 Å². The molecule has 147 heavy (non-hydrogen) atoms. The van der Waals surface area contributed by atoms with Crippen molar-refractivity contribution < 1.29 is 93.1 Å². The van der Waals surface area contributed by atoms with Crippen LogP contribution in [0.5, 0.6) is 24.0 Å². The highest BCUT2D eigenvalue weighted by Crippen LogP contribution is 2.46. The number of amides is 7. The van der Waals surface area contributed by atoms with Gasteiger partial charge >= 0.3 is 36.4 Å². The minimum absolute atomic E-state index is 0.0257. The molecule has 9 fully saturated rings. The predicted octanol–water partition coefficient (Wildman–Crippen LogP) is 9.32. The summed E-state index contributed by atoms with van der Waals surface area (Å²) >= 11 is 0. The molecule has 17 heterocycles. The van der Waals surface area contributed by atoms with Gasteiger partial charge < -0.3 is 90.0 Å². The fraction of sp³-hybridized carbons (Fsp3) is 0.550. The van der Waals surface area contributed by atoms with Crippen molar-refractivity contribution >= 4 is 76.2 Å². The normalized spacial score (nSPS) is 19.6. The quantitative estimate of drug-likeness (QED) is 0.0272. The van der Waals surface area contributed by atoms with E-state index in [0.29, 0.717) is 113 Å². The summed E-state index contributed by atoms with van der Waals surface area (Å²) in [6.07, 6.45) is 10.7. The zero-order chi connectivity index (χ0) is 104. The number of nitrogens with two attached hydrogens (primary N) is 2. The number of carbonyl (C=O) groups excluding carboxylic acids is 7. The van der Waals surface area contributed by atoms with Gasteiger partial charge in [-0.15, -0.1) is 0 Å². The molecule has 0 bridgehead atoms. The lowest BCUT2D eigenvalue weighted by molar-refractivity contribution is -0.149. The van der Waals surface area contributed by atoms with Gasteiger partial charge in [-0.1, -0.05) is 24.3 Å². The Morgan fingerprint density at radius 3 is 1.52 bits per heavy atom. The first-order chi connectivity index (χ1) is 70.6. The molecule has 0 spiro atoms. The fourth-order valence-corrected chi connectivity index (χ4v) is 18.8. The highest BCUT2D eigenvalue weighted by atomic mass is 19.4. The number of hydrogen-bond donors (Lipinski definition) is 5. The Hall–Kier alpha value is -14.2. The van der Waals surface area contributed by atoms with E-state index in [9.17, 15) is 65.2 Å². The summed E-state index contributed by atoms with van der Waals surface area (Å²) in [5, 5.41) is 15.8. The number of aryl methyl sites for hydroxylation is 2. The summed E-state index contributed by atoms with van der Waals surface area (Å²) in [5.74, 6) is -2.13. The lowest BCUT2D eigenvalue weighted by atomic mass is 9.87. The molecule has 41 nitrogen and oxygen atoms in total. The molecule has 8 saturated heterocycles. The van der Waals surface area contributed by atoms with E-state index >= 15 is 0 Å². The number of piperidine rings is 4. The van der Waals surface area contributed by atoms with Crippen LogP contribution in [0.15, 0.2) is 84.1 Å². The lowest BCUT2D eigenvalue weighted by Gasteiger charge is -2.33. The zero-order valence-corrected chi connectivity index (χ0v) is 82.8. The first kappa shape index (κ1) is 106. The number of nitriles is 1. The van der Waals surface area contributed by atoms with Gasteiger partial charge in [-0.25, -0.2) is 9.97 Å². The number of aliphatic imine (C=N–C) groups is 1. The van der Waals surface area contributed by atoms with Crippen molar-refractivity contribution in [1.82, 2.24) is 95.5 Å². The van der Waals surface area contributed by atoms with E-state index < -0.39 is 65.6 Å². The highest BCUT2D eigenvalue weighted by molar-refractivity contribution is 6.05. The third kappa shape index (κ3) is 27.6. The number of piperazine rings is 1. The maximum absolute atomic E-state index is 13.2. The summed E-state index contributed by atoms with van der Waals surface area (Å²) in [7, 11) is 1.77. The summed E-state index contributed by atoms with van der Waals surface area (Å²) in [5.41, 5.74) is 21.5. The van der Waals surface area contributed by atoms with Gasteiger partial charge in [0.15, 0.2) is 0 Å². The number of pyridine rings is 4. The molecule has 9 aliphatic heterocycles. The van der Waals surface area contributed by atoms with Crippen LogP contribution in [0.25, 0.3) is 5.57 Å². The Morgan fingerprint density at radius 1 is 0.565 bits per heavy atom. The van der Waals surface area contributed by atoms with Gasteiger partial charge in [0, 0.05) is 170 Å². The predicted molar refractivity (Wildman–Crippen MR) is 521 cm³/mol. The van der Waals surface area contributed by atoms with E-state index in [4.69, 9.17) is 49.6 Å². The second-order valence-electron chi connectivity index (χ2n) is 38.5. The van der Waals surface area contributed by atoms with Crippen molar-refractivity contribution in [3.8, 4) is 30.1 Å². The number of nitrogens with zero attached hydrogens (tertiary/aromatic N) is 22. The smallest absolute Gasteiger partial charge is 0.408 e. The second kappa shape index (κ2) is 47.6. The van der Waals surface area contributed by atoms with Crippen LogP contribution >= 0.6 is 0 Å². The fourth-order valence-electron chi connectivity index (χ4n) is 18.8. The van der Waals surface area contributed by atoms with Gasteiger partial charge in [0.1, 0.15) is 73.4 Å². The molecule has 19 rings (SSSR count). The number of ether oxygens (including phenoxy) is 7. The molecule has 7 amide bonds. The molecule has 0 aromatic carbocycles. The van der Waals surface area contributed by atoms with E-state index in [-0.39, 0.29) is 128 Å². The van der Waals surface area contributed by atoms with Crippen LogP contribution in [0.4, 0.5) is 49.9 Å². The topological polar surface area (TPSA) is 508 Å². The number of rotatable bonds is 29. The highest BCUT2D eigenvalue weighted by Gasteiger charge is 2.46. The van der Waals surface area contributed by atoms with Crippen LogP contribution in [-0.4, -0.2) is 301 Å². The number of carbonyl (C=O) groups is 7. The molecular formula is C100H121F6N27O14. The van der Waals surface area contributed by atoms with Gasteiger partial charge in [-0.2, -0.15) is 81.4 Å². The summed E-state index contributed by atoms with van der Waals surface area (Å²) in [6, 6.07) is 19.3. The van der Waals surface area contributed by atoms with Crippen molar-refractivity contribution in [3.63, 3.8) is 0 Å². The summed E-state index contributed by atoms with van der Waals surface area (Å²) in [6.45, 7) is 16.3. The Morgan fingerprint density at radius 2 is 1.04 bits per heavy atom. The van der Waals surface area contributed by atoms with E-state index in [2.05, 4.69) is 103 Å². The SMILES string of the molecule is C[C@H](NC(=O)c1nc(OC[C@H]2CCCO2)nc(N2CCC(C3=CCc4ncccc43)CC2)n1)C(F)(F)F.Cc1ccc(C2CCN(c3cc(C(=O)N(C)C(C)C)nc(OC[C@H]4CCCO4)n3)CC2)nc1C(N)=O.Cc1ccc(C2CCN(c3cc(C(=O)N4CCNC(=O)C4)nc(OCC4(C#N)CC4)n3)CC2)nc1C(N)=O.O=C(NCC(F)(F)F)c1nc(OC[C@H]2CCCO2)nc(N2CCC(C3=NCc4ncccc43)CC2)n1. The van der Waals surface area contributed by atoms with Crippen LogP contribution in [-0.2, 0) is 32.0 Å². The van der Waals surface area contributed by atoms with Gasteiger partial charge in [0.05, 0.1) is 54.3 Å². The number of nitrogens with one attached hydrogen (secondary N) is 3. The lowest BCUT2D eigenvalue weighted by Crippen LogP contribution is -2.50. The molecule has 1 saturated carbocycles. The van der Waals surface area contributed by atoms with Crippen LogP contribution < -0.4 is 66.0 Å². The molecule has 7 N–H and O–H groups in total. The molecule has 4 atom stereocenters.